The third-order valence-electron chi connectivity index (χ3n) is 4.99. The number of nitrogens with zero attached hydrogens (tertiary/aromatic N) is 4. The molecule has 0 fully saturated rings. The number of para-hydroxylation sites is 1. The molecule has 1 aliphatic rings. The van der Waals surface area contributed by atoms with Crippen molar-refractivity contribution in [2.24, 2.45) is 0 Å². The van der Waals surface area contributed by atoms with E-state index in [0.717, 1.165) is 24.1 Å². The Labute approximate surface area is 167 Å². The molecule has 4 rings (SSSR count). The van der Waals surface area contributed by atoms with Gasteiger partial charge in [-0.2, -0.15) is 5.10 Å². The van der Waals surface area contributed by atoms with Crippen molar-refractivity contribution in [3.8, 4) is 5.69 Å². The monoisotopic (exact) mass is 397 g/mol. The van der Waals surface area contributed by atoms with Crippen LogP contribution in [0.1, 0.15) is 37.8 Å². The molecular formula is C20H23N5O2S. The standard InChI is InChI=1S/C20H23N5O2S/c1-3-4-9-21-17(26)10-14-12-28-20-23-18-15(19(27)24(14)20)11-22-25(18)16-8-6-5-7-13(16)2/h5-8,11,14H,3-4,9-10,12H2,1-2H3,(H,21,26). The molecule has 28 heavy (non-hydrogen) atoms. The minimum absolute atomic E-state index is 0.0190. The maximum Gasteiger partial charge on any atom is 0.265 e. The van der Waals surface area contributed by atoms with Crippen molar-refractivity contribution in [3.05, 3.63) is 46.4 Å². The minimum Gasteiger partial charge on any atom is -0.356 e. The molecule has 3 aromatic rings. The number of thioether (sulfide) groups is 1. The Morgan fingerprint density at radius 3 is 2.96 bits per heavy atom. The van der Waals surface area contributed by atoms with Crippen LogP contribution in [0.2, 0.25) is 0 Å². The van der Waals surface area contributed by atoms with E-state index < -0.39 is 0 Å². The zero-order chi connectivity index (χ0) is 19.7. The van der Waals surface area contributed by atoms with Crippen LogP contribution in [0.3, 0.4) is 0 Å². The fraction of sp³-hybridized carbons (Fsp3) is 0.400. The number of aryl methyl sites for hydroxylation is 1. The molecule has 146 valence electrons. The minimum atomic E-state index is -0.173. The molecule has 1 N–H and O–H groups in total. The van der Waals surface area contributed by atoms with Crippen LogP contribution in [-0.4, -0.2) is 37.5 Å². The van der Waals surface area contributed by atoms with Crippen LogP contribution in [0.5, 0.6) is 0 Å². The Kier molecular flexibility index (Phi) is 5.21. The topological polar surface area (TPSA) is 81.8 Å². The number of amides is 1. The van der Waals surface area contributed by atoms with Crippen LogP contribution < -0.4 is 10.9 Å². The summed E-state index contributed by atoms with van der Waals surface area (Å²) >= 11 is 1.52. The Hall–Kier alpha value is -2.61. The van der Waals surface area contributed by atoms with Crippen molar-refractivity contribution in [2.45, 2.75) is 44.3 Å². The number of carbonyl (C=O) groups excluding carboxylic acids is 1. The third-order valence-corrected chi connectivity index (χ3v) is 6.09. The molecule has 0 bridgehead atoms. The molecule has 0 aliphatic carbocycles. The van der Waals surface area contributed by atoms with E-state index in [9.17, 15) is 9.59 Å². The van der Waals surface area contributed by atoms with Gasteiger partial charge in [-0.05, 0) is 25.0 Å². The lowest BCUT2D eigenvalue weighted by molar-refractivity contribution is -0.121. The maximum atomic E-state index is 13.1. The fourth-order valence-corrected chi connectivity index (χ4v) is 4.58. The van der Waals surface area contributed by atoms with Gasteiger partial charge in [0, 0.05) is 18.7 Å². The number of hydrogen-bond donors (Lipinski definition) is 1. The summed E-state index contributed by atoms with van der Waals surface area (Å²) in [5, 5.41) is 8.48. The Bertz CT molecular complexity index is 1090. The zero-order valence-corrected chi connectivity index (χ0v) is 16.8. The number of carbonyl (C=O) groups is 1. The van der Waals surface area contributed by atoms with Gasteiger partial charge in [-0.3, -0.25) is 14.2 Å². The van der Waals surface area contributed by atoms with Gasteiger partial charge in [0.05, 0.1) is 17.9 Å². The van der Waals surface area contributed by atoms with Gasteiger partial charge in [-0.1, -0.05) is 43.3 Å². The first-order valence-electron chi connectivity index (χ1n) is 9.56. The first kappa shape index (κ1) is 18.7. The van der Waals surface area contributed by atoms with Gasteiger partial charge in [0.15, 0.2) is 10.8 Å². The van der Waals surface area contributed by atoms with E-state index >= 15 is 0 Å². The predicted molar refractivity (Wildman–Crippen MR) is 110 cm³/mol. The molecule has 8 heteroatoms. The Balaban J connectivity index is 1.68. The van der Waals surface area contributed by atoms with Crippen molar-refractivity contribution >= 4 is 28.7 Å². The van der Waals surface area contributed by atoms with Crippen molar-refractivity contribution in [1.82, 2.24) is 24.6 Å². The second kappa shape index (κ2) is 7.79. The molecule has 1 amide bonds. The molecule has 1 aromatic carbocycles. The average molecular weight is 398 g/mol. The zero-order valence-electron chi connectivity index (χ0n) is 16.0. The number of fused-ring (bicyclic) bond motifs is 2. The number of aromatic nitrogens is 4. The van der Waals surface area contributed by atoms with Crippen molar-refractivity contribution in [1.29, 1.82) is 0 Å². The Morgan fingerprint density at radius 1 is 1.36 bits per heavy atom. The van der Waals surface area contributed by atoms with E-state index in [0.29, 0.717) is 34.9 Å². The van der Waals surface area contributed by atoms with Crippen LogP contribution in [0.15, 0.2) is 40.4 Å². The molecule has 0 radical (unpaired) electrons. The summed E-state index contributed by atoms with van der Waals surface area (Å²) in [6, 6.07) is 7.71. The molecule has 0 saturated heterocycles. The van der Waals surface area contributed by atoms with Crippen LogP contribution in [0.4, 0.5) is 0 Å². The summed E-state index contributed by atoms with van der Waals surface area (Å²) < 4.78 is 3.38. The average Bonchev–Trinajstić information content (AvgIpc) is 3.28. The number of rotatable bonds is 6. The number of benzene rings is 1. The summed E-state index contributed by atoms with van der Waals surface area (Å²) in [7, 11) is 0. The van der Waals surface area contributed by atoms with Crippen LogP contribution in [0.25, 0.3) is 16.7 Å². The summed E-state index contributed by atoms with van der Waals surface area (Å²) in [5.74, 6) is 0.655. The van der Waals surface area contributed by atoms with E-state index in [-0.39, 0.29) is 17.5 Å². The molecular weight excluding hydrogens is 374 g/mol. The lowest BCUT2D eigenvalue weighted by atomic mass is 10.2. The van der Waals surface area contributed by atoms with E-state index in [4.69, 9.17) is 4.98 Å². The number of nitrogens with one attached hydrogen (secondary N) is 1. The fourth-order valence-electron chi connectivity index (χ4n) is 3.45. The second-order valence-corrected chi connectivity index (χ2v) is 8.01. The highest BCUT2D eigenvalue weighted by Gasteiger charge is 2.29. The largest absolute Gasteiger partial charge is 0.356 e. The summed E-state index contributed by atoms with van der Waals surface area (Å²) in [6.45, 7) is 4.77. The predicted octanol–water partition coefficient (Wildman–Crippen LogP) is 2.84. The molecule has 1 atom stereocenters. The normalized spacial score (nSPS) is 15.7. The van der Waals surface area contributed by atoms with E-state index in [2.05, 4.69) is 17.3 Å². The lowest BCUT2D eigenvalue weighted by Crippen LogP contribution is -2.31. The summed E-state index contributed by atoms with van der Waals surface area (Å²) in [5.41, 5.74) is 2.40. The molecule has 7 nitrogen and oxygen atoms in total. The quantitative estimate of drug-likeness (QED) is 0.511. The van der Waals surface area contributed by atoms with E-state index in [1.54, 1.807) is 15.4 Å². The SMILES string of the molecule is CCCCNC(=O)CC1CSc2nc3c(cnn3-c3ccccc3C)c(=O)n21. The molecule has 0 spiro atoms. The second-order valence-electron chi connectivity index (χ2n) is 7.02. The molecule has 1 aliphatic heterocycles. The molecule has 3 heterocycles. The van der Waals surface area contributed by atoms with Gasteiger partial charge in [0.1, 0.15) is 5.39 Å². The first-order valence-corrected chi connectivity index (χ1v) is 10.5. The van der Waals surface area contributed by atoms with Gasteiger partial charge >= 0.3 is 0 Å². The van der Waals surface area contributed by atoms with Crippen molar-refractivity contribution in [2.75, 3.05) is 12.3 Å². The Morgan fingerprint density at radius 2 is 2.18 bits per heavy atom. The van der Waals surface area contributed by atoms with Crippen molar-refractivity contribution in [3.63, 3.8) is 0 Å². The molecule has 2 aromatic heterocycles. The van der Waals surface area contributed by atoms with Gasteiger partial charge in [-0.15, -0.1) is 0 Å². The highest BCUT2D eigenvalue weighted by Crippen LogP contribution is 2.33. The van der Waals surface area contributed by atoms with Gasteiger partial charge in [-0.25, -0.2) is 9.67 Å². The van der Waals surface area contributed by atoms with Crippen LogP contribution in [-0.2, 0) is 4.79 Å². The van der Waals surface area contributed by atoms with Gasteiger partial charge < -0.3 is 5.32 Å². The van der Waals surface area contributed by atoms with Crippen LogP contribution >= 0.6 is 11.8 Å². The number of unbranched alkanes of at least 4 members (excludes halogenated alkanes) is 1. The van der Waals surface area contributed by atoms with Gasteiger partial charge in [0.2, 0.25) is 5.91 Å². The molecule has 0 saturated carbocycles. The van der Waals surface area contributed by atoms with Crippen molar-refractivity contribution < 1.29 is 4.79 Å². The van der Waals surface area contributed by atoms with Gasteiger partial charge in [0.25, 0.3) is 5.56 Å². The molecule has 1 unspecified atom stereocenters. The van der Waals surface area contributed by atoms with Crippen LogP contribution in [0, 0.1) is 6.92 Å². The number of hydrogen-bond acceptors (Lipinski definition) is 5. The highest BCUT2D eigenvalue weighted by atomic mass is 32.2. The highest BCUT2D eigenvalue weighted by molar-refractivity contribution is 7.99. The smallest absolute Gasteiger partial charge is 0.265 e. The summed E-state index contributed by atoms with van der Waals surface area (Å²) in [4.78, 5) is 30.1. The first-order chi connectivity index (χ1) is 13.6. The lowest BCUT2D eigenvalue weighted by Gasteiger charge is -2.13. The summed E-state index contributed by atoms with van der Waals surface area (Å²) in [6.07, 6.45) is 3.87. The maximum absolute atomic E-state index is 13.1. The third kappa shape index (κ3) is 3.32. The van der Waals surface area contributed by atoms with E-state index in [1.807, 2.05) is 31.2 Å². The van der Waals surface area contributed by atoms with E-state index in [1.165, 1.54) is 11.8 Å².